The summed E-state index contributed by atoms with van der Waals surface area (Å²) in [6, 6.07) is -0.386. The van der Waals surface area contributed by atoms with Crippen molar-refractivity contribution in [3.05, 3.63) is 0 Å². The van der Waals surface area contributed by atoms with Crippen LogP contribution in [0.3, 0.4) is 0 Å². The van der Waals surface area contributed by atoms with Gasteiger partial charge in [-0.2, -0.15) is 0 Å². The summed E-state index contributed by atoms with van der Waals surface area (Å²) in [5, 5.41) is 13.6. The van der Waals surface area contributed by atoms with E-state index in [9.17, 15) is 13.6 Å². The third kappa shape index (κ3) is 4.55. The minimum absolute atomic E-state index is 0.386. The van der Waals surface area contributed by atoms with Crippen LogP contribution in [0.4, 0.5) is 8.78 Å². The monoisotopic (exact) mass is 250 g/mol. The van der Waals surface area contributed by atoms with Crippen LogP contribution in [0, 0.1) is 5.92 Å². The van der Waals surface area contributed by atoms with Crippen LogP contribution in [0.15, 0.2) is 0 Å². The average Bonchev–Trinajstić information content (AvgIpc) is 2.36. The van der Waals surface area contributed by atoms with Gasteiger partial charge < -0.3 is 15.7 Å². The Morgan fingerprint density at radius 1 is 1.59 bits per heavy atom. The molecule has 1 amide bonds. The third-order valence-electron chi connectivity index (χ3n) is 3.16. The molecule has 100 valence electrons. The molecule has 1 heterocycles. The molecule has 0 radical (unpaired) electrons. The highest BCUT2D eigenvalue weighted by Gasteiger charge is 2.31. The molecule has 1 rings (SSSR count). The predicted molar refractivity (Wildman–Crippen MR) is 59.8 cm³/mol. The van der Waals surface area contributed by atoms with Gasteiger partial charge in [0.05, 0.1) is 12.6 Å². The normalized spacial score (nSPS) is 25.6. The van der Waals surface area contributed by atoms with Gasteiger partial charge in [0.1, 0.15) is 6.61 Å². The zero-order chi connectivity index (χ0) is 12.9. The molecule has 0 aliphatic carbocycles. The van der Waals surface area contributed by atoms with E-state index in [0.717, 1.165) is 19.4 Å². The average molecular weight is 250 g/mol. The second-order valence-electron chi connectivity index (χ2n) is 4.54. The van der Waals surface area contributed by atoms with Crippen molar-refractivity contribution < 1.29 is 18.7 Å². The first kappa shape index (κ1) is 14.3. The fourth-order valence-electron chi connectivity index (χ4n) is 1.96. The molecule has 0 aromatic carbocycles. The molecule has 1 aliphatic heterocycles. The van der Waals surface area contributed by atoms with Gasteiger partial charge in [-0.1, -0.05) is 13.3 Å². The van der Waals surface area contributed by atoms with Crippen molar-refractivity contribution in [2.24, 2.45) is 5.92 Å². The lowest BCUT2D eigenvalue weighted by Crippen LogP contribution is -2.51. The zero-order valence-electron chi connectivity index (χ0n) is 10.0. The summed E-state index contributed by atoms with van der Waals surface area (Å²) in [5.74, 6) is -3.17. The van der Waals surface area contributed by atoms with Gasteiger partial charge in [0, 0.05) is 0 Å². The quantitative estimate of drug-likeness (QED) is 0.666. The van der Waals surface area contributed by atoms with Crippen LogP contribution in [0.25, 0.3) is 0 Å². The Bertz CT molecular complexity index is 262. The Labute approximate surface area is 99.8 Å². The first-order valence-electron chi connectivity index (χ1n) is 5.98. The number of amides is 1. The summed E-state index contributed by atoms with van der Waals surface area (Å²) < 4.78 is 25.5. The first-order chi connectivity index (χ1) is 7.98. The first-order valence-corrected chi connectivity index (χ1v) is 5.98. The van der Waals surface area contributed by atoms with Crippen LogP contribution < -0.4 is 10.6 Å². The second kappa shape index (κ2) is 6.26. The number of hydrogen-bond acceptors (Lipinski definition) is 3. The van der Waals surface area contributed by atoms with Gasteiger partial charge in [0.2, 0.25) is 5.91 Å². The topological polar surface area (TPSA) is 61.4 Å². The smallest absolute Gasteiger partial charge is 0.287 e. The van der Waals surface area contributed by atoms with Crippen LogP contribution in [0.1, 0.15) is 26.2 Å². The molecule has 1 fully saturated rings. The van der Waals surface area contributed by atoms with E-state index >= 15 is 0 Å². The number of carbonyl (C=O) groups is 1. The molecule has 0 aromatic heterocycles. The highest BCUT2D eigenvalue weighted by Crippen LogP contribution is 2.19. The summed E-state index contributed by atoms with van der Waals surface area (Å²) in [7, 11) is 0. The standard InChI is InChI=1S/C11H20F2N2O2/c1-2-8-3-4-14-9(5-8)10(17)15-6-11(12,13)7-16/h8-9,14,16H,2-7H2,1H3,(H,15,17). The lowest BCUT2D eigenvalue weighted by atomic mass is 9.90. The Morgan fingerprint density at radius 3 is 2.88 bits per heavy atom. The van der Waals surface area contributed by atoms with Crippen molar-refractivity contribution in [2.45, 2.75) is 38.2 Å². The summed E-state index contributed by atoms with van der Waals surface area (Å²) >= 11 is 0. The van der Waals surface area contributed by atoms with Gasteiger partial charge in [-0.3, -0.25) is 4.79 Å². The number of alkyl halides is 2. The van der Waals surface area contributed by atoms with Gasteiger partial charge in [0.25, 0.3) is 5.92 Å². The van der Waals surface area contributed by atoms with Crippen LogP contribution in [-0.4, -0.2) is 42.7 Å². The van der Waals surface area contributed by atoms with Gasteiger partial charge in [-0.05, 0) is 25.3 Å². The van der Waals surface area contributed by atoms with E-state index in [1.54, 1.807) is 0 Å². The third-order valence-corrected chi connectivity index (χ3v) is 3.16. The van der Waals surface area contributed by atoms with E-state index in [-0.39, 0.29) is 6.04 Å². The van der Waals surface area contributed by atoms with Gasteiger partial charge in [-0.25, -0.2) is 8.78 Å². The Kier molecular flexibility index (Phi) is 5.27. The van der Waals surface area contributed by atoms with Crippen LogP contribution in [0.2, 0.25) is 0 Å². The van der Waals surface area contributed by atoms with E-state index in [0.29, 0.717) is 12.3 Å². The lowest BCUT2D eigenvalue weighted by molar-refractivity contribution is -0.127. The Morgan fingerprint density at radius 2 is 2.29 bits per heavy atom. The van der Waals surface area contributed by atoms with Crippen LogP contribution in [0.5, 0.6) is 0 Å². The van der Waals surface area contributed by atoms with Crippen molar-refractivity contribution >= 4 is 5.91 Å². The number of nitrogens with one attached hydrogen (secondary N) is 2. The minimum Gasteiger partial charge on any atom is -0.390 e. The molecule has 3 N–H and O–H groups in total. The number of piperidine rings is 1. The zero-order valence-corrected chi connectivity index (χ0v) is 10.0. The lowest BCUT2D eigenvalue weighted by Gasteiger charge is -2.29. The minimum atomic E-state index is -3.24. The number of rotatable bonds is 5. The molecule has 0 saturated carbocycles. The molecule has 2 unspecified atom stereocenters. The largest absolute Gasteiger partial charge is 0.390 e. The summed E-state index contributed by atoms with van der Waals surface area (Å²) in [6.07, 6.45) is 2.71. The number of halogens is 2. The highest BCUT2D eigenvalue weighted by atomic mass is 19.3. The van der Waals surface area contributed by atoms with Crippen molar-refractivity contribution in [3.63, 3.8) is 0 Å². The maximum atomic E-state index is 12.7. The molecule has 0 aromatic rings. The van der Waals surface area contributed by atoms with Crippen molar-refractivity contribution in [1.29, 1.82) is 0 Å². The summed E-state index contributed by atoms with van der Waals surface area (Å²) in [4.78, 5) is 11.6. The van der Waals surface area contributed by atoms with E-state index in [1.165, 1.54) is 0 Å². The fraction of sp³-hybridized carbons (Fsp3) is 0.909. The molecule has 17 heavy (non-hydrogen) atoms. The Hall–Kier alpha value is -0.750. The van der Waals surface area contributed by atoms with Gasteiger partial charge in [-0.15, -0.1) is 0 Å². The van der Waals surface area contributed by atoms with E-state index in [1.807, 2.05) is 0 Å². The molecule has 0 spiro atoms. The summed E-state index contributed by atoms with van der Waals surface area (Å²) in [6.45, 7) is 0.748. The maximum absolute atomic E-state index is 12.7. The summed E-state index contributed by atoms with van der Waals surface area (Å²) in [5.41, 5.74) is 0. The molecular weight excluding hydrogens is 230 g/mol. The van der Waals surface area contributed by atoms with Crippen LogP contribution in [-0.2, 0) is 4.79 Å². The predicted octanol–water partition coefficient (Wildman–Crippen LogP) is 0.508. The maximum Gasteiger partial charge on any atom is 0.287 e. The van der Waals surface area contributed by atoms with Gasteiger partial charge >= 0.3 is 0 Å². The molecule has 6 heteroatoms. The second-order valence-corrected chi connectivity index (χ2v) is 4.54. The molecule has 2 atom stereocenters. The molecule has 1 saturated heterocycles. The Balaban J connectivity index is 2.37. The number of aliphatic hydroxyl groups is 1. The van der Waals surface area contributed by atoms with Crippen molar-refractivity contribution in [1.82, 2.24) is 10.6 Å². The SMILES string of the molecule is CCC1CCNC(C(=O)NCC(F)(F)CO)C1. The number of hydrogen-bond donors (Lipinski definition) is 3. The molecule has 0 bridgehead atoms. The number of carbonyl (C=O) groups excluding carboxylic acids is 1. The van der Waals surface area contributed by atoms with E-state index in [2.05, 4.69) is 17.6 Å². The molecule has 1 aliphatic rings. The van der Waals surface area contributed by atoms with Gasteiger partial charge in [0.15, 0.2) is 0 Å². The fourth-order valence-corrected chi connectivity index (χ4v) is 1.96. The molecular formula is C11H20F2N2O2. The highest BCUT2D eigenvalue weighted by molar-refractivity contribution is 5.81. The number of aliphatic hydroxyl groups excluding tert-OH is 1. The van der Waals surface area contributed by atoms with Crippen molar-refractivity contribution in [2.75, 3.05) is 19.7 Å². The van der Waals surface area contributed by atoms with Crippen molar-refractivity contribution in [3.8, 4) is 0 Å². The van der Waals surface area contributed by atoms with Crippen LogP contribution >= 0.6 is 0 Å². The van der Waals surface area contributed by atoms with E-state index in [4.69, 9.17) is 5.11 Å². The van der Waals surface area contributed by atoms with E-state index < -0.39 is 25.0 Å². The molecule has 4 nitrogen and oxygen atoms in total.